The zero-order valence-corrected chi connectivity index (χ0v) is 18.5. The molecule has 0 aliphatic rings. The van der Waals surface area contributed by atoms with Gasteiger partial charge in [-0.25, -0.2) is 4.39 Å². The van der Waals surface area contributed by atoms with Gasteiger partial charge in [0.15, 0.2) is 5.16 Å². The molecule has 3 aromatic carbocycles. The van der Waals surface area contributed by atoms with Gasteiger partial charge in [0.2, 0.25) is 5.91 Å². The smallest absolute Gasteiger partial charge is 0.234 e. The number of nitrogens with zero attached hydrogens (tertiary/aromatic N) is 3. The fraction of sp³-hybridized carbons (Fsp3) is 0.160. The molecule has 0 unspecified atom stereocenters. The average molecular weight is 447 g/mol. The zero-order chi connectivity index (χ0) is 22.3. The van der Waals surface area contributed by atoms with Gasteiger partial charge in [-0.3, -0.25) is 9.36 Å². The average Bonchev–Trinajstić information content (AvgIpc) is 3.21. The minimum absolute atomic E-state index is 0.0942. The number of carbonyl (C=O) groups excluding carboxylic acids is 1. The highest BCUT2D eigenvalue weighted by molar-refractivity contribution is 7.99. The molecule has 0 aliphatic heterocycles. The topological polar surface area (TPSA) is 59.8 Å². The van der Waals surface area contributed by atoms with Gasteiger partial charge in [0.05, 0.1) is 11.4 Å². The number of para-hydroxylation sites is 1. The third kappa shape index (κ3) is 5.42. The van der Waals surface area contributed by atoms with Crippen molar-refractivity contribution in [2.24, 2.45) is 0 Å². The lowest BCUT2D eigenvalue weighted by atomic mass is 10.1. The first-order chi connectivity index (χ1) is 15.6. The highest BCUT2D eigenvalue weighted by Gasteiger charge is 2.16. The van der Waals surface area contributed by atoms with Crippen molar-refractivity contribution in [3.05, 3.63) is 102 Å². The number of anilines is 1. The molecule has 0 atom stereocenters. The van der Waals surface area contributed by atoms with E-state index in [1.54, 1.807) is 12.1 Å². The summed E-state index contributed by atoms with van der Waals surface area (Å²) in [5, 5.41) is 12.0. The van der Waals surface area contributed by atoms with Crippen LogP contribution in [0.25, 0.3) is 5.69 Å². The van der Waals surface area contributed by atoms with Gasteiger partial charge in [-0.15, -0.1) is 10.2 Å². The molecule has 1 aromatic heterocycles. The van der Waals surface area contributed by atoms with Gasteiger partial charge in [-0.05, 0) is 48.7 Å². The third-order valence-electron chi connectivity index (χ3n) is 4.92. The van der Waals surface area contributed by atoms with Crippen LogP contribution in [-0.4, -0.2) is 26.4 Å². The number of halogens is 1. The first kappa shape index (κ1) is 21.8. The minimum Gasteiger partial charge on any atom is -0.323 e. The molecule has 32 heavy (non-hydrogen) atoms. The lowest BCUT2D eigenvalue weighted by molar-refractivity contribution is -0.113. The number of carbonyl (C=O) groups is 1. The Morgan fingerprint density at radius 2 is 1.75 bits per heavy atom. The molecule has 7 heteroatoms. The molecule has 0 saturated carbocycles. The standard InChI is InChI=1S/C25H23FN4OS/c1-18-8-7-11-20(16-18)30-23(15-14-19-9-3-2-4-10-19)28-29-25(30)32-17-24(31)27-22-13-6-5-12-21(22)26/h2-13,16H,14-15,17H2,1H3,(H,27,31). The van der Waals surface area contributed by atoms with E-state index < -0.39 is 5.82 Å². The Bertz CT molecular complexity index is 1210. The van der Waals surface area contributed by atoms with Crippen molar-refractivity contribution in [3.63, 3.8) is 0 Å². The quantitative estimate of drug-likeness (QED) is 0.377. The van der Waals surface area contributed by atoms with Gasteiger partial charge in [0.25, 0.3) is 0 Å². The van der Waals surface area contributed by atoms with Crippen molar-refractivity contribution in [1.82, 2.24) is 14.8 Å². The lowest BCUT2D eigenvalue weighted by Gasteiger charge is -2.11. The first-order valence-electron chi connectivity index (χ1n) is 10.3. The normalized spacial score (nSPS) is 10.8. The molecular weight excluding hydrogens is 423 g/mol. The summed E-state index contributed by atoms with van der Waals surface area (Å²) in [6, 6.07) is 24.4. The van der Waals surface area contributed by atoms with E-state index in [0.29, 0.717) is 11.6 Å². The van der Waals surface area contributed by atoms with Crippen LogP contribution in [0.1, 0.15) is 17.0 Å². The molecule has 0 bridgehead atoms. The van der Waals surface area contributed by atoms with Gasteiger partial charge in [0, 0.05) is 12.1 Å². The maximum absolute atomic E-state index is 13.8. The monoisotopic (exact) mass is 446 g/mol. The van der Waals surface area contributed by atoms with Gasteiger partial charge >= 0.3 is 0 Å². The number of nitrogens with one attached hydrogen (secondary N) is 1. The molecule has 162 valence electrons. The van der Waals surface area contributed by atoms with Crippen LogP contribution >= 0.6 is 11.8 Å². The number of amides is 1. The molecule has 1 heterocycles. The highest BCUT2D eigenvalue weighted by atomic mass is 32.2. The van der Waals surface area contributed by atoms with E-state index in [4.69, 9.17) is 0 Å². The summed E-state index contributed by atoms with van der Waals surface area (Å²) in [6.07, 6.45) is 1.55. The van der Waals surface area contributed by atoms with Crippen LogP contribution in [0.4, 0.5) is 10.1 Å². The molecular formula is C25H23FN4OS. The summed E-state index contributed by atoms with van der Waals surface area (Å²) in [7, 11) is 0. The van der Waals surface area contributed by atoms with Crippen molar-refractivity contribution in [3.8, 4) is 5.69 Å². The maximum atomic E-state index is 13.8. The number of aromatic nitrogens is 3. The van der Waals surface area contributed by atoms with Crippen LogP contribution < -0.4 is 5.32 Å². The van der Waals surface area contributed by atoms with Crippen LogP contribution in [0.15, 0.2) is 84.0 Å². The Labute approximate surface area is 190 Å². The minimum atomic E-state index is -0.461. The summed E-state index contributed by atoms with van der Waals surface area (Å²) < 4.78 is 15.8. The number of hydrogen-bond donors (Lipinski definition) is 1. The lowest BCUT2D eigenvalue weighted by Crippen LogP contribution is -2.15. The van der Waals surface area contributed by atoms with E-state index >= 15 is 0 Å². The second-order valence-electron chi connectivity index (χ2n) is 7.38. The van der Waals surface area contributed by atoms with Crippen molar-refractivity contribution < 1.29 is 9.18 Å². The fourth-order valence-electron chi connectivity index (χ4n) is 3.36. The van der Waals surface area contributed by atoms with Crippen LogP contribution in [0.2, 0.25) is 0 Å². The van der Waals surface area contributed by atoms with E-state index in [0.717, 1.165) is 23.5 Å². The van der Waals surface area contributed by atoms with E-state index in [9.17, 15) is 9.18 Å². The van der Waals surface area contributed by atoms with E-state index in [1.165, 1.54) is 29.5 Å². The Hall–Kier alpha value is -3.45. The Morgan fingerprint density at radius 3 is 2.53 bits per heavy atom. The molecule has 0 fully saturated rings. The number of hydrogen-bond acceptors (Lipinski definition) is 4. The second-order valence-corrected chi connectivity index (χ2v) is 8.32. The molecule has 4 aromatic rings. The summed E-state index contributed by atoms with van der Waals surface area (Å²) >= 11 is 1.28. The van der Waals surface area contributed by atoms with E-state index in [-0.39, 0.29) is 17.3 Å². The molecule has 0 spiro atoms. The molecule has 4 rings (SSSR count). The molecule has 0 aliphatic carbocycles. The predicted molar refractivity (Wildman–Crippen MR) is 126 cm³/mol. The van der Waals surface area contributed by atoms with E-state index in [1.807, 2.05) is 47.9 Å². The molecule has 1 amide bonds. The van der Waals surface area contributed by atoms with Gasteiger partial charge in [-0.1, -0.05) is 66.4 Å². The Kier molecular flexibility index (Phi) is 6.97. The number of rotatable bonds is 8. The van der Waals surface area contributed by atoms with Crippen LogP contribution in [0.3, 0.4) is 0 Å². The highest BCUT2D eigenvalue weighted by Crippen LogP contribution is 2.24. The SMILES string of the molecule is Cc1cccc(-n2c(CCc3ccccc3)nnc2SCC(=O)Nc2ccccc2F)c1. The molecule has 0 saturated heterocycles. The van der Waals surface area contributed by atoms with Gasteiger partial charge in [0.1, 0.15) is 11.6 Å². The third-order valence-corrected chi connectivity index (χ3v) is 5.85. The molecule has 1 N–H and O–H groups in total. The maximum Gasteiger partial charge on any atom is 0.234 e. The Balaban J connectivity index is 1.52. The van der Waals surface area contributed by atoms with Crippen molar-refractivity contribution in [1.29, 1.82) is 0 Å². The fourth-order valence-corrected chi connectivity index (χ4v) is 4.13. The van der Waals surface area contributed by atoms with Crippen LogP contribution in [-0.2, 0) is 17.6 Å². The predicted octanol–water partition coefficient (Wildman–Crippen LogP) is 5.23. The summed E-state index contributed by atoms with van der Waals surface area (Å²) in [4.78, 5) is 12.4. The summed E-state index contributed by atoms with van der Waals surface area (Å²) in [5.41, 5.74) is 3.47. The van der Waals surface area contributed by atoms with Crippen molar-refractivity contribution in [2.75, 3.05) is 11.1 Å². The largest absolute Gasteiger partial charge is 0.323 e. The van der Waals surface area contributed by atoms with Crippen molar-refractivity contribution in [2.45, 2.75) is 24.9 Å². The van der Waals surface area contributed by atoms with Gasteiger partial charge in [-0.2, -0.15) is 0 Å². The number of aryl methyl sites for hydroxylation is 3. The molecule has 5 nitrogen and oxygen atoms in total. The van der Waals surface area contributed by atoms with Crippen molar-refractivity contribution >= 4 is 23.4 Å². The summed E-state index contributed by atoms with van der Waals surface area (Å²) in [5.74, 6) is 0.162. The molecule has 0 radical (unpaired) electrons. The number of benzene rings is 3. The van der Waals surface area contributed by atoms with Crippen LogP contribution in [0, 0.1) is 12.7 Å². The second kappa shape index (κ2) is 10.2. The Morgan fingerprint density at radius 1 is 0.969 bits per heavy atom. The summed E-state index contributed by atoms with van der Waals surface area (Å²) in [6.45, 7) is 2.03. The van der Waals surface area contributed by atoms with Crippen LogP contribution in [0.5, 0.6) is 0 Å². The first-order valence-corrected chi connectivity index (χ1v) is 11.3. The van der Waals surface area contributed by atoms with Gasteiger partial charge < -0.3 is 5.32 Å². The number of thioether (sulfide) groups is 1. The van der Waals surface area contributed by atoms with E-state index in [2.05, 4.69) is 33.7 Å². The zero-order valence-electron chi connectivity index (χ0n) is 17.7.